The highest BCUT2D eigenvalue weighted by Crippen LogP contribution is 2.29. The molecule has 0 radical (unpaired) electrons. The van der Waals surface area contributed by atoms with Crippen LogP contribution in [-0.2, 0) is 6.54 Å². The Kier molecular flexibility index (Phi) is 4.03. The van der Waals surface area contributed by atoms with E-state index in [0.717, 1.165) is 22.3 Å². The zero-order valence-electron chi connectivity index (χ0n) is 13.5. The first-order valence-corrected chi connectivity index (χ1v) is 8.88. The standard InChI is InChI=1S/C21H18BrNO/c1-15-14-16(22)10-11-21(15)24-13-12-23-19-8-4-2-6-17(19)18-7-3-5-9-20(18)23/h2-11,14H,12-13H2,1H3. The molecule has 0 saturated carbocycles. The molecule has 4 aromatic rings. The molecule has 0 aliphatic carbocycles. The van der Waals surface area contributed by atoms with Crippen molar-refractivity contribution in [3.8, 4) is 5.75 Å². The van der Waals surface area contributed by atoms with E-state index >= 15 is 0 Å². The molecule has 0 N–H and O–H groups in total. The zero-order valence-corrected chi connectivity index (χ0v) is 15.1. The van der Waals surface area contributed by atoms with Crippen molar-refractivity contribution in [3.63, 3.8) is 0 Å². The fourth-order valence-corrected chi connectivity index (χ4v) is 3.74. The van der Waals surface area contributed by atoms with E-state index in [2.05, 4.69) is 82.0 Å². The Balaban J connectivity index is 1.64. The van der Waals surface area contributed by atoms with Crippen LogP contribution in [0.4, 0.5) is 0 Å². The molecule has 0 amide bonds. The number of rotatable bonds is 4. The summed E-state index contributed by atoms with van der Waals surface area (Å²) < 4.78 is 9.45. The van der Waals surface area contributed by atoms with Gasteiger partial charge in [0, 0.05) is 26.3 Å². The molecule has 2 nitrogen and oxygen atoms in total. The highest BCUT2D eigenvalue weighted by atomic mass is 79.9. The molecule has 120 valence electrons. The normalized spacial score (nSPS) is 11.2. The first-order chi connectivity index (χ1) is 11.7. The van der Waals surface area contributed by atoms with Crippen molar-refractivity contribution in [1.82, 2.24) is 4.57 Å². The average molecular weight is 380 g/mol. The van der Waals surface area contributed by atoms with Crippen LogP contribution in [0, 0.1) is 6.92 Å². The van der Waals surface area contributed by atoms with Gasteiger partial charge in [-0.25, -0.2) is 0 Å². The minimum atomic E-state index is 0.644. The number of aromatic nitrogens is 1. The van der Waals surface area contributed by atoms with Crippen molar-refractivity contribution < 1.29 is 4.74 Å². The summed E-state index contributed by atoms with van der Waals surface area (Å²) in [5.74, 6) is 0.943. The Hall–Kier alpha value is -2.26. The van der Waals surface area contributed by atoms with Gasteiger partial charge < -0.3 is 9.30 Å². The number of fused-ring (bicyclic) bond motifs is 3. The number of benzene rings is 3. The molecule has 0 aliphatic rings. The molecule has 0 fully saturated rings. The van der Waals surface area contributed by atoms with Gasteiger partial charge in [0.25, 0.3) is 0 Å². The molecule has 0 aliphatic heterocycles. The number of aryl methyl sites for hydroxylation is 1. The molecule has 0 saturated heterocycles. The van der Waals surface area contributed by atoms with Gasteiger partial charge in [-0.15, -0.1) is 0 Å². The van der Waals surface area contributed by atoms with E-state index in [4.69, 9.17) is 4.74 Å². The van der Waals surface area contributed by atoms with Gasteiger partial charge in [-0.3, -0.25) is 0 Å². The molecule has 1 heterocycles. The highest BCUT2D eigenvalue weighted by molar-refractivity contribution is 9.10. The van der Waals surface area contributed by atoms with Gasteiger partial charge in [0.2, 0.25) is 0 Å². The van der Waals surface area contributed by atoms with E-state index in [-0.39, 0.29) is 0 Å². The number of para-hydroxylation sites is 2. The van der Waals surface area contributed by atoms with E-state index in [1.54, 1.807) is 0 Å². The van der Waals surface area contributed by atoms with Crippen LogP contribution in [0.25, 0.3) is 21.8 Å². The lowest BCUT2D eigenvalue weighted by molar-refractivity contribution is 0.300. The Morgan fingerprint density at radius 3 is 2.12 bits per heavy atom. The van der Waals surface area contributed by atoms with E-state index in [9.17, 15) is 0 Å². The number of hydrogen-bond acceptors (Lipinski definition) is 1. The Morgan fingerprint density at radius 1 is 0.875 bits per heavy atom. The first-order valence-electron chi connectivity index (χ1n) is 8.09. The molecule has 0 spiro atoms. The van der Waals surface area contributed by atoms with Gasteiger partial charge in [0.05, 0.1) is 6.54 Å². The minimum Gasteiger partial charge on any atom is -0.491 e. The SMILES string of the molecule is Cc1cc(Br)ccc1OCCn1c2ccccc2c2ccccc21. The number of halogens is 1. The van der Waals surface area contributed by atoms with E-state index in [1.165, 1.54) is 21.8 Å². The fourth-order valence-electron chi connectivity index (χ4n) is 3.27. The zero-order chi connectivity index (χ0) is 16.5. The van der Waals surface area contributed by atoms with E-state index in [1.807, 2.05) is 12.1 Å². The molecule has 0 unspecified atom stereocenters. The maximum atomic E-state index is 6.02. The van der Waals surface area contributed by atoms with Gasteiger partial charge >= 0.3 is 0 Å². The van der Waals surface area contributed by atoms with Crippen molar-refractivity contribution >= 4 is 37.7 Å². The van der Waals surface area contributed by atoms with E-state index < -0.39 is 0 Å². The van der Waals surface area contributed by atoms with Crippen LogP contribution in [0.5, 0.6) is 5.75 Å². The average Bonchev–Trinajstić information content (AvgIpc) is 2.91. The summed E-state index contributed by atoms with van der Waals surface area (Å²) >= 11 is 3.49. The molecular weight excluding hydrogens is 362 g/mol. The fraction of sp³-hybridized carbons (Fsp3) is 0.143. The molecule has 24 heavy (non-hydrogen) atoms. The van der Waals surface area contributed by atoms with E-state index in [0.29, 0.717) is 6.61 Å². The second-order valence-corrected chi connectivity index (χ2v) is 6.86. The second kappa shape index (κ2) is 6.33. The van der Waals surface area contributed by atoms with Crippen LogP contribution in [0.3, 0.4) is 0 Å². The summed E-state index contributed by atoms with van der Waals surface area (Å²) in [6, 6.07) is 23.2. The number of ether oxygens (including phenoxy) is 1. The third-order valence-corrected chi connectivity index (χ3v) is 4.88. The van der Waals surface area contributed by atoms with Crippen LogP contribution in [0.2, 0.25) is 0 Å². The van der Waals surface area contributed by atoms with Gasteiger partial charge in [-0.2, -0.15) is 0 Å². The largest absolute Gasteiger partial charge is 0.491 e. The molecule has 1 aromatic heterocycles. The highest BCUT2D eigenvalue weighted by Gasteiger charge is 2.09. The Bertz CT molecular complexity index is 966. The summed E-state index contributed by atoms with van der Waals surface area (Å²) in [7, 11) is 0. The number of nitrogens with zero attached hydrogens (tertiary/aromatic N) is 1. The molecule has 3 aromatic carbocycles. The smallest absolute Gasteiger partial charge is 0.122 e. The molecular formula is C21H18BrNO. The maximum Gasteiger partial charge on any atom is 0.122 e. The van der Waals surface area contributed by atoms with Crippen LogP contribution < -0.4 is 4.74 Å². The van der Waals surface area contributed by atoms with Crippen molar-refractivity contribution in [2.45, 2.75) is 13.5 Å². The summed E-state index contributed by atoms with van der Waals surface area (Å²) in [6.07, 6.45) is 0. The monoisotopic (exact) mass is 379 g/mol. The maximum absolute atomic E-state index is 6.02. The predicted octanol–water partition coefficient (Wildman–Crippen LogP) is 5.94. The Morgan fingerprint density at radius 2 is 1.50 bits per heavy atom. The quantitative estimate of drug-likeness (QED) is 0.427. The van der Waals surface area contributed by atoms with Crippen molar-refractivity contribution in [2.24, 2.45) is 0 Å². The minimum absolute atomic E-state index is 0.644. The third kappa shape index (κ3) is 2.69. The third-order valence-electron chi connectivity index (χ3n) is 4.39. The first kappa shape index (κ1) is 15.3. The summed E-state index contributed by atoms with van der Waals surface area (Å²) in [5, 5.41) is 2.60. The van der Waals surface area contributed by atoms with Crippen LogP contribution in [0.15, 0.2) is 71.2 Å². The molecule has 0 atom stereocenters. The number of hydrogen-bond donors (Lipinski definition) is 0. The van der Waals surface area contributed by atoms with Gasteiger partial charge in [0.1, 0.15) is 12.4 Å². The van der Waals surface area contributed by atoms with Gasteiger partial charge in [-0.1, -0.05) is 52.3 Å². The lowest BCUT2D eigenvalue weighted by Crippen LogP contribution is -2.08. The lowest BCUT2D eigenvalue weighted by atomic mass is 10.2. The summed E-state index contributed by atoms with van der Waals surface area (Å²) in [4.78, 5) is 0. The van der Waals surface area contributed by atoms with Crippen molar-refractivity contribution in [1.29, 1.82) is 0 Å². The summed E-state index contributed by atoms with van der Waals surface area (Å²) in [6.45, 7) is 3.54. The molecule has 0 bridgehead atoms. The van der Waals surface area contributed by atoms with Crippen molar-refractivity contribution in [3.05, 3.63) is 76.8 Å². The molecule has 3 heteroatoms. The lowest BCUT2D eigenvalue weighted by Gasteiger charge is -2.11. The molecule has 4 rings (SSSR count). The van der Waals surface area contributed by atoms with Crippen molar-refractivity contribution in [2.75, 3.05) is 6.61 Å². The second-order valence-electron chi connectivity index (χ2n) is 5.94. The van der Waals surface area contributed by atoms with Gasteiger partial charge in [-0.05, 0) is 42.8 Å². The topological polar surface area (TPSA) is 14.2 Å². The predicted molar refractivity (Wildman–Crippen MR) is 104 cm³/mol. The van der Waals surface area contributed by atoms with Crippen LogP contribution >= 0.6 is 15.9 Å². The van der Waals surface area contributed by atoms with Gasteiger partial charge in [0.15, 0.2) is 0 Å². The summed E-state index contributed by atoms with van der Waals surface area (Å²) in [5.41, 5.74) is 3.66. The van der Waals surface area contributed by atoms with Crippen LogP contribution in [0.1, 0.15) is 5.56 Å². The Labute approximate surface area is 149 Å². The van der Waals surface area contributed by atoms with Crippen LogP contribution in [-0.4, -0.2) is 11.2 Å².